The first-order valence-electron chi connectivity index (χ1n) is 3.85. The van der Waals surface area contributed by atoms with Crippen LogP contribution in [0.1, 0.15) is 6.92 Å². The molecule has 0 atom stereocenters. The molecule has 0 spiro atoms. The van der Waals surface area contributed by atoms with Gasteiger partial charge < -0.3 is 4.57 Å². The van der Waals surface area contributed by atoms with E-state index in [1.807, 2.05) is 11.5 Å². The molecule has 5 nitrogen and oxygen atoms in total. The van der Waals surface area contributed by atoms with Crippen molar-refractivity contribution < 1.29 is 0 Å². The monoisotopic (exact) mass is 196 g/mol. The van der Waals surface area contributed by atoms with E-state index in [1.54, 1.807) is 0 Å². The summed E-state index contributed by atoms with van der Waals surface area (Å²) in [5.74, 6) is 0. The average molecular weight is 196 g/mol. The third kappa shape index (κ3) is 1.14. The Morgan fingerprint density at radius 1 is 1.46 bits per heavy atom. The Bertz CT molecular complexity index is 501. The van der Waals surface area contributed by atoms with Crippen molar-refractivity contribution in [3.05, 3.63) is 23.0 Å². The van der Waals surface area contributed by atoms with E-state index in [4.69, 9.17) is 0 Å². The van der Waals surface area contributed by atoms with Crippen molar-refractivity contribution in [2.24, 2.45) is 0 Å². The van der Waals surface area contributed by atoms with E-state index in [-0.39, 0.29) is 5.56 Å². The fraction of sp³-hybridized carbons (Fsp3) is 0.286. The molecule has 0 saturated heterocycles. The fourth-order valence-electron chi connectivity index (χ4n) is 1.22. The molecule has 0 N–H and O–H groups in total. The number of thiol groups is 1. The average Bonchev–Trinajstić information content (AvgIpc) is 2.51. The highest BCUT2D eigenvalue weighted by Gasteiger charge is 2.07. The van der Waals surface area contributed by atoms with Gasteiger partial charge in [0.2, 0.25) is 0 Å². The number of aromatic nitrogens is 4. The number of hydrogen-bond acceptors (Lipinski definition) is 4. The molecule has 0 fully saturated rings. The molecule has 0 aliphatic rings. The highest BCUT2D eigenvalue weighted by atomic mass is 32.1. The largest absolute Gasteiger partial charge is 0.316 e. The van der Waals surface area contributed by atoms with Crippen molar-refractivity contribution >= 4 is 24.0 Å². The number of aryl methyl sites for hydroxylation is 1. The number of fused-ring (bicyclic) bond motifs is 1. The highest BCUT2D eigenvalue weighted by Crippen LogP contribution is 2.08. The molecule has 2 aromatic heterocycles. The van der Waals surface area contributed by atoms with Crippen LogP contribution < -0.4 is 5.56 Å². The van der Waals surface area contributed by atoms with Crippen LogP contribution in [0.25, 0.3) is 11.2 Å². The lowest BCUT2D eigenvalue weighted by Crippen LogP contribution is -2.12. The van der Waals surface area contributed by atoms with Gasteiger partial charge in [-0.15, -0.1) is 0 Å². The molecule has 2 rings (SSSR count). The molecular formula is C7H8N4OS. The van der Waals surface area contributed by atoms with Crippen molar-refractivity contribution in [2.75, 3.05) is 0 Å². The molecule has 0 aliphatic carbocycles. The maximum atomic E-state index is 11.2. The minimum Gasteiger partial charge on any atom is -0.316 e. The standard InChI is InChI=1S/C7H8N4OS/c1-2-10-3-9-6(12)5-7(10)11(13)4-8-5/h3-4,13H,2H2,1H3. The number of hydrogen-bond donors (Lipinski definition) is 1. The summed E-state index contributed by atoms with van der Waals surface area (Å²) < 4.78 is 3.33. The van der Waals surface area contributed by atoms with Gasteiger partial charge in [0.15, 0.2) is 11.2 Å². The van der Waals surface area contributed by atoms with Crippen LogP contribution in [0.5, 0.6) is 0 Å². The first-order valence-corrected chi connectivity index (χ1v) is 4.25. The lowest BCUT2D eigenvalue weighted by Gasteiger charge is -2.03. The van der Waals surface area contributed by atoms with Gasteiger partial charge in [-0.25, -0.2) is 4.98 Å². The van der Waals surface area contributed by atoms with Gasteiger partial charge >= 0.3 is 5.56 Å². The van der Waals surface area contributed by atoms with Gasteiger partial charge in [-0.05, 0) is 6.92 Å². The molecule has 0 aliphatic heterocycles. The van der Waals surface area contributed by atoms with Gasteiger partial charge in [0.1, 0.15) is 12.7 Å². The molecular weight excluding hydrogens is 188 g/mol. The Hall–Kier alpha value is -1.30. The topological polar surface area (TPSA) is 52.7 Å². The molecule has 6 heteroatoms. The first-order chi connectivity index (χ1) is 6.24. The van der Waals surface area contributed by atoms with Gasteiger partial charge in [0.25, 0.3) is 0 Å². The zero-order valence-electron chi connectivity index (χ0n) is 7.01. The third-order valence-electron chi connectivity index (χ3n) is 1.85. The summed E-state index contributed by atoms with van der Waals surface area (Å²) in [5.41, 5.74) is 0.734. The Labute approximate surface area is 79.6 Å². The van der Waals surface area contributed by atoms with Crippen LogP contribution in [0.3, 0.4) is 0 Å². The fourth-order valence-corrected chi connectivity index (χ4v) is 1.48. The van der Waals surface area contributed by atoms with Crippen LogP contribution >= 0.6 is 12.8 Å². The van der Waals surface area contributed by atoms with Crippen LogP contribution in [0.15, 0.2) is 17.4 Å². The Balaban J connectivity index is 2.96. The van der Waals surface area contributed by atoms with Crippen LogP contribution in [0, 0.1) is 0 Å². The van der Waals surface area contributed by atoms with Crippen LogP contribution in [0.4, 0.5) is 0 Å². The maximum absolute atomic E-state index is 11.2. The quantitative estimate of drug-likeness (QED) is 0.668. The zero-order valence-corrected chi connectivity index (χ0v) is 7.90. The molecule has 0 bridgehead atoms. The summed E-state index contributed by atoms with van der Waals surface area (Å²) >= 11 is 4.14. The molecule has 0 saturated carbocycles. The second kappa shape index (κ2) is 2.88. The Kier molecular flexibility index (Phi) is 1.84. The smallest absolute Gasteiger partial charge is 0.300 e. The molecule has 13 heavy (non-hydrogen) atoms. The summed E-state index contributed by atoms with van der Waals surface area (Å²) in [6.07, 6.45) is 2.99. The predicted octanol–water partition coefficient (Wildman–Crippen LogP) is 0.306. The van der Waals surface area contributed by atoms with Crippen molar-refractivity contribution in [3.63, 3.8) is 0 Å². The lowest BCUT2D eigenvalue weighted by atomic mass is 10.5. The normalized spacial score (nSPS) is 10.9. The van der Waals surface area contributed by atoms with Crippen LogP contribution in [-0.2, 0) is 6.54 Å². The molecule has 0 amide bonds. The molecule has 2 aromatic rings. The summed E-state index contributed by atoms with van der Waals surface area (Å²) in [6.45, 7) is 2.70. The van der Waals surface area contributed by atoms with E-state index in [9.17, 15) is 4.79 Å². The van der Waals surface area contributed by atoms with E-state index >= 15 is 0 Å². The van der Waals surface area contributed by atoms with Crippen LogP contribution in [0.2, 0.25) is 0 Å². The zero-order chi connectivity index (χ0) is 9.42. The van der Waals surface area contributed by atoms with E-state index in [0.29, 0.717) is 11.2 Å². The maximum Gasteiger partial charge on any atom is 0.300 e. The predicted molar refractivity (Wildman–Crippen MR) is 51.8 cm³/mol. The van der Waals surface area contributed by atoms with Crippen molar-refractivity contribution in [3.8, 4) is 0 Å². The Morgan fingerprint density at radius 2 is 2.23 bits per heavy atom. The number of rotatable bonds is 1. The molecule has 0 radical (unpaired) electrons. The minimum atomic E-state index is -0.312. The molecule has 0 aromatic carbocycles. The molecule has 2 heterocycles. The van der Waals surface area contributed by atoms with Gasteiger partial charge in [0.05, 0.1) is 0 Å². The number of nitrogens with zero attached hydrogens (tertiary/aromatic N) is 4. The van der Waals surface area contributed by atoms with Gasteiger partial charge in [-0.1, -0.05) is 12.8 Å². The first kappa shape index (κ1) is 8.31. The minimum absolute atomic E-state index is 0.312. The molecule has 68 valence electrons. The molecule has 0 unspecified atom stereocenters. The second-order valence-corrected chi connectivity index (χ2v) is 3.03. The van der Waals surface area contributed by atoms with E-state index in [2.05, 4.69) is 22.8 Å². The third-order valence-corrected chi connectivity index (χ3v) is 2.15. The van der Waals surface area contributed by atoms with Gasteiger partial charge in [-0.2, -0.15) is 4.98 Å². The summed E-state index contributed by atoms with van der Waals surface area (Å²) in [6, 6.07) is 0. The second-order valence-electron chi connectivity index (χ2n) is 2.60. The van der Waals surface area contributed by atoms with Crippen molar-refractivity contribution in [1.29, 1.82) is 0 Å². The lowest BCUT2D eigenvalue weighted by molar-refractivity contribution is 0.753. The van der Waals surface area contributed by atoms with Gasteiger partial charge in [0, 0.05) is 6.54 Å². The van der Waals surface area contributed by atoms with E-state index < -0.39 is 0 Å². The van der Waals surface area contributed by atoms with Crippen molar-refractivity contribution in [1.82, 2.24) is 18.5 Å². The SMILES string of the molecule is CCn1cnc(=O)c2ncn(S)c21. The number of imidazole rings is 1. The van der Waals surface area contributed by atoms with Crippen molar-refractivity contribution in [2.45, 2.75) is 13.5 Å². The highest BCUT2D eigenvalue weighted by molar-refractivity contribution is 7.78. The summed E-state index contributed by atoms with van der Waals surface area (Å²) in [7, 11) is 0. The van der Waals surface area contributed by atoms with Gasteiger partial charge in [-0.3, -0.25) is 8.77 Å². The summed E-state index contributed by atoms with van der Waals surface area (Å²) in [5, 5.41) is 0. The van der Waals surface area contributed by atoms with E-state index in [0.717, 1.165) is 6.54 Å². The van der Waals surface area contributed by atoms with Crippen LogP contribution in [-0.4, -0.2) is 18.5 Å². The summed E-state index contributed by atoms with van der Waals surface area (Å²) in [4.78, 5) is 18.8. The Morgan fingerprint density at radius 3 is 2.92 bits per heavy atom. The van der Waals surface area contributed by atoms with E-state index in [1.165, 1.54) is 16.6 Å².